The first kappa shape index (κ1) is 13.9. The Labute approximate surface area is 128 Å². The van der Waals surface area contributed by atoms with Crippen LogP contribution in [0.3, 0.4) is 0 Å². The normalized spacial score (nSPS) is 50.5. The van der Waals surface area contributed by atoms with Gasteiger partial charge in [-0.15, -0.1) is 0 Å². The van der Waals surface area contributed by atoms with Crippen LogP contribution in [0.5, 0.6) is 0 Å². The van der Waals surface area contributed by atoms with E-state index in [2.05, 4.69) is 30.5 Å². The molecule has 5 aliphatic rings. The first-order valence-corrected chi connectivity index (χ1v) is 9.61. The molecular weight excluding hydrogens is 264 g/mol. The van der Waals surface area contributed by atoms with Crippen LogP contribution in [0.2, 0.25) is 0 Å². The summed E-state index contributed by atoms with van der Waals surface area (Å²) >= 11 is 2.15. The van der Waals surface area contributed by atoms with Gasteiger partial charge in [0.25, 0.3) is 0 Å². The van der Waals surface area contributed by atoms with Crippen molar-refractivity contribution in [2.24, 2.45) is 29.4 Å². The standard InChI is InChI=1S/C17H30N2S/c1-16(2)11-19(3-4-20-16)17(10-18)14-6-12-5-13(8-14)9-15(17)7-12/h12-15H,3-11,18H2,1-2H3. The van der Waals surface area contributed by atoms with Crippen molar-refractivity contribution in [1.82, 2.24) is 4.90 Å². The summed E-state index contributed by atoms with van der Waals surface area (Å²) in [5.41, 5.74) is 6.83. The number of rotatable bonds is 2. The molecule has 4 saturated carbocycles. The van der Waals surface area contributed by atoms with Gasteiger partial charge in [0.15, 0.2) is 0 Å². The molecule has 0 atom stereocenters. The molecule has 2 nitrogen and oxygen atoms in total. The van der Waals surface area contributed by atoms with Gasteiger partial charge >= 0.3 is 0 Å². The van der Waals surface area contributed by atoms with E-state index in [0.717, 1.165) is 30.2 Å². The van der Waals surface area contributed by atoms with Gasteiger partial charge in [0.1, 0.15) is 0 Å². The van der Waals surface area contributed by atoms with Crippen LogP contribution >= 0.6 is 11.8 Å². The molecule has 0 aromatic carbocycles. The highest BCUT2D eigenvalue weighted by molar-refractivity contribution is 8.00. The second kappa shape index (κ2) is 4.63. The summed E-state index contributed by atoms with van der Waals surface area (Å²) in [5.74, 6) is 5.19. The molecule has 0 amide bonds. The van der Waals surface area contributed by atoms with Crippen molar-refractivity contribution in [2.75, 3.05) is 25.4 Å². The number of thioether (sulfide) groups is 1. The zero-order chi connectivity index (χ0) is 14.0. The van der Waals surface area contributed by atoms with Crippen LogP contribution < -0.4 is 5.73 Å². The number of nitrogens with two attached hydrogens (primary N) is 1. The molecule has 3 heteroatoms. The molecule has 0 spiro atoms. The van der Waals surface area contributed by atoms with Crippen LogP contribution in [-0.4, -0.2) is 40.6 Å². The van der Waals surface area contributed by atoms with Gasteiger partial charge in [-0.3, -0.25) is 4.90 Å². The highest BCUT2D eigenvalue weighted by Gasteiger charge is 2.59. The summed E-state index contributed by atoms with van der Waals surface area (Å²) in [6.07, 6.45) is 7.46. The van der Waals surface area contributed by atoms with E-state index in [1.807, 2.05) is 0 Å². The molecule has 0 aromatic rings. The molecule has 5 rings (SSSR count). The molecule has 4 aliphatic carbocycles. The van der Waals surface area contributed by atoms with Crippen LogP contribution in [0.25, 0.3) is 0 Å². The third-order valence-electron chi connectivity index (χ3n) is 6.89. The predicted octanol–water partition coefficient (Wildman–Crippen LogP) is 2.97. The second-order valence-corrected chi connectivity index (χ2v) is 10.3. The Morgan fingerprint density at radius 2 is 1.65 bits per heavy atom. The number of hydrogen-bond acceptors (Lipinski definition) is 3. The van der Waals surface area contributed by atoms with E-state index in [4.69, 9.17) is 5.73 Å². The lowest BCUT2D eigenvalue weighted by atomic mass is 9.48. The van der Waals surface area contributed by atoms with Crippen molar-refractivity contribution in [3.05, 3.63) is 0 Å². The Morgan fingerprint density at radius 3 is 2.15 bits per heavy atom. The minimum absolute atomic E-state index is 0.367. The molecule has 20 heavy (non-hydrogen) atoms. The van der Waals surface area contributed by atoms with E-state index < -0.39 is 0 Å². The highest BCUT2D eigenvalue weighted by atomic mass is 32.2. The SMILES string of the molecule is CC1(C)CN(C2(CN)C3CC4CC(C3)CC2C4)CCS1. The lowest BCUT2D eigenvalue weighted by Crippen LogP contribution is -2.71. The van der Waals surface area contributed by atoms with E-state index in [1.165, 1.54) is 50.9 Å². The van der Waals surface area contributed by atoms with E-state index in [0.29, 0.717) is 10.3 Å². The van der Waals surface area contributed by atoms with Crippen LogP contribution in [0.15, 0.2) is 0 Å². The molecule has 0 aromatic heterocycles. The van der Waals surface area contributed by atoms with E-state index >= 15 is 0 Å². The van der Waals surface area contributed by atoms with Gasteiger partial charge in [-0.1, -0.05) is 0 Å². The van der Waals surface area contributed by atoms with E-state index in [1.54, 1.807) is 0 Å². The molecule has 0 radical (unpaired) electrons. The van der Waals surface area contributed by atoms with Crippen molar-refractivity contribution >= 4 is 11.8 Å². The van der Waals surface area contributed by atoms with Gasteiger partial charge in [0.05, 0.1) is 0 Å². The maximum Gasteiger partial charge on any atom is 0.0389 e. The molecular formula is C17H30N2S. The van der Waals surface area contributed by atoms with Gasteiger partial charge in [-0.2, -0.15) is 11.8 Å². The average Bonchev–Trinajstić information content (AvgIpc) is 2.37. The summed E-state index contributed by atoms with van der Waals surface area (Å²) < 4.78 is 0.412. The first-order valence-electron chi connectivity index (χ1n) is 8.62. The number of nitrogens with zero attached hydrogens (tertiary/aromatic N) is 1. The van der Waals surface area contributed by atoms with Gasteiger partial charge in [0, 0.05) is 35.7 Å². The minimum Gasteiger partial charge on any atom is -0.329 e. The molecule has 114 valence electrons. The summed E-state index contributed by atoms with van der Waals surface area (Å²) in [6.45, 7) is 8.27. The Morgan fingerprint density at radius 1 is 1.05 bits per heavy atom. The molecule has 2 N–H and O–H groups in total. The second-order valence-electron chi connectivity index (χ2n) is 8.53. The molecule has 1 saturated heterocycles. The fraction of sp³-hybridized carbons (Fsp3) is 1.00. The van der Waals surface area contributed by atoms with Gasteiger partial charge in [-0.25, -0.2) is 0 Å². The number of hydrogen-bond donors (Lipinski definition) is 1. The fourth-order valence-electron chi connectivity index (χ4n) is 6.35. The molecule has 1 heterocycles. The zero-order valence-electron chi connectivity index (χ0n) is 13.1. The Kier molecular flexibility index (Phi) is 3.22. The van der Waals surface area contributed by atoms with Crippen LogP contribution in [0, 0.1) is 23.7 Å². The lowest BCUT2D eigenvalue weighted by molar-refractivity contribution is -0.132. The summed E-state index contributed by atoms with van der Waals surface area (Å²) in [4.78, 5) is 2.86. The minimum atomic E-state index is 0.367. The molecule has 1 aliphatic heterocycles. The zero-order valence-corrected chi connectivity index (χ0v) is 13.9. The van der Waals surface area contributed by atoms with E-state index in [9.17, 15) is 0 Å². The Bertz CT molecular complexity index is 364. The van der Waals surface area contributed by atoms with Crippen molar-refractivity contribution in [1.29, 1.82) is 0 Å². The van der Waals surface area contributed by atoms with Gasteiger partial charge in [0.2, 0.25) is 0 Å². The topological polar surface area (TPSA) is 29.3 Å². The summed E-state index contributed by atoms with van der Waals surface area (Å²) in [7, 11) is 0. The Balaban J connectivity index is 1.66. The van der Waals surface area contributed by atoms with Crippen molar-refractivity contribution in [3.63, 3.8) is 0 Å². The molecule has 4 bridgehead atoms. The van der Waals surface area contributed by atoms with Crippen LogP contribution in [0.1, 0.15) is 46.0 Å². The maximum atomic E-state index is 6.46. The van der Waals surface area contributed by atoms with E-state index in [-0.39, 0.29) is 0 Å². The predicted molar refractivity (Wildman–Crippen MR) is 86.9 cm³/mol. The summed E-state index contributed by atoms with van der Waals surface area (Å²) in [5, 5.41) is 0. The van der Waals surface area contributed by atoms with Gasteiger partial charge < -0.3 is 5.73 Å². The smallest absolute Gasteiger partial charge is 0.0389 e. The highest BCUT2D eigenvalue weighted by Crippen LogP contribution is 2.60. The quantitative estimate of drug-likeness (QED) is 0.849. The fourth-order valence-corrected chi connectivity index (χ4v) is 7.46. The lowest BCUT2D eigenvalue weighted by Gasteiger charge is -2.66. The third-order valence-corrected chi connectivity index (χ3v) is 8.19. The molecule has 0 unspecified atom stereocenters. The molecule has 5 fully saturated rings. The average molecular weight is 295 g/mol. The van der Waals surface area contributed by atoms with Crippen LogP contribution in [0.4, 0.5) is 0 Å². The summed E-state index contributed by atoms with van der Waals surface area (Å²) in [6, 6.07) is 0. The van der Waals surface area contributed by atoms with Crippen molar-refractivity contribution < 1.29 is 0 Å². The Hall–Kier alpha value is 0.270. The maximum absolute atomic E-state index is 6.46. The van der Waals surface area contributed by atoms with Crippen molar-refractivity contribution in [2.45, 2.75) is 56.2 Å². The monoisotopic (exact) mass is 294 g/mol. The first-order chi connectivity index (χ1) is 9.53. The van der Waals surface area contributed by atoms with Gasteiger partial charge in [-0.05, 0) is 69.6 Å². The third kappa shape index (κ3) is 1.92. The van der Waals surface area contributed by atoms with Crippen LogP contribution in [-0.2, 0) is 0 Å². The largest absolute Gasteiger partial charge is 0.329 e. The van der Waals surface area contributed by atoms with Crippen molar-refractivity contribution in [3.8, 4) is 0 Å².